The molecule has 4 saturated heterocycles. The molecule has 4 aliphatic heterocycles. The summed E-state index contributed by atoms with van der Waals surface area (Å²) in [5, 5.41) is 0. The van der Waals surface area contributed by atoms with Gasteiger partial charge in [-0.25, -0.2) is 0 Å². The van der Waals surface area contributed by atoms with Gasteiger partial charge in [-0.05, 0) is 137 Å². The molecule has 4 aliphatic rings. The van der Waals surface area contributed by atoms with Crippen LogP contribution in [0.1, 0.15) is 82.8 Å². The highest BCUT2D eigenvalue weighted by atomic mass is 16.5. The molecule has 0 unspecified atom stereocenters. The Morgan fingerprint density at radius 2 is 0.790 bits per heavy atom. The zero-order chi connectivity index (χ0) is 42.9. The van der Waals surface area contributed by atoms with Gasteiger partial charge in [0.15, 0.2) is 23.0 Å². The summed E-state index contributed by atoms with van der Waals surface area (Å²) in [6, 6.07) is 13.3. The van der Waals surface area contributed by atoms with Crippen LogP contribution in [0.15, 0.2) is 36.4 Å². The summed E-state index contributed by atoms with van der Waals surface area (Å²) in [5.74, 6) is 4.41. The molecule has 0 N–H and O–H groups in total. The van der Waals surface area contributed by atoms with Crippen molar-refractivity contribution in [1.29, 1.82) is 0 Å². The van der Waals surface area contributed by atoms with Crippen molar-refractivity contribution in [2.75, 3.05) is 151 Å². The molecule has 2 atom stereocenters. The fourth-order valence-electron chi connectivity index (χ4n) is 8.75. The second-order valence-electron chi connectivity index (χ2n) is 18.0. The molecular formula is C50H82N4O8. The molecule has 6 rings (SSSR count). The third-order valence-electron chi connectivity index (χ3n) is 13.0. The standard InChI is InChI=1S/C50H82N4O8/c1-43(38-45-12-14-47(59-28-7-3-16-51-21-32-55-33-22-51)49(40-45)61-30-9-5-18-53-25-36-57-37-26-53)44(2)39-46-13-15-48(60-29-8-4-17-52-23-34-56-35-24-52)50(41-46)62-31-10-6-19-54-20-11-27-58-42-54/h12-15,40-41,43-44H,3-11,16-39,42H2,1-2H3/t43-,44+/m0/s1. The molecular weight excluding hydrogens is 785 g/mol. The van der Waals surface area contributed by atoms with Gasteiger partial charge in [0, 0.05) is 59.0 Å². The van der Waals surface area contributed by atoms with E-state index in [9.17, 15) is 0 Å². The highest BCUT2D eigenvalue weighted by Crippen LogP contribution is 2.33. The summed E-state index contributed by atoms with van der Waals surface area (Å²) in [4.78, 5) is 9.89. The average Bonchev–Trinajstić information content (AvgIpc) is 3.31. The average molecular weight is 867 g/mol. The largest absolute Gasteiger partial charge is 0.490 e. The third kappa shape index (κ3) is 18.4. The normalized spacial score (nSPS) is 19.6. The molecule has 0 bridgehead atoms. The molecule has 12 nitrogen and oxygen atoms in total. The van der Waals surface area contributed by atoms with E-state index in [-0.39, 0.29) is 0 Å². The number of morpholine rings is 3. The van der Waals surface area contributed by atoms with Gasteiger partial charge < -0.3 is 37.9 Å². The van der Waals surface area contributed by atoms with Crippen molar-refractivity contribution in [3.63, 3.8) is 0 Å². The Hall–Kier alpha value is -2.68. The maximum absolute atomic E-state index is 6.50. The lowest BCUT2D eigenvalue weighted by molar-refractivity contribution is -0.0141. The van der Waals surface area contributed by atoms with E-state index in [2.05, 4.69) is 69.8 Å². The van der Waals surface area contributed by atoms with Crippen LogP contribution in [0.5, 0.6) is 23.0 Å². The third-order valence-corrected chi connectivity index (χ3v) is 13.0. The Bertz CT molecular complexity index is 1370. The van der Waals surface area contributed by atoms with Crippen molar-refractivity contribution in [3.8, 4) is 23.0 Å². The van der Waals surface area contributed by atoms with Crippen molar-refractivity contribution in [2.24, 2.45) is 11.8 Å². The Morgan fingerprint density at radius 1 is 0.419 bits per heavy atom. The molecule has 0 saturated carbocycles. The van der Waals surface area contributed by atoms with Gasteiger partial charge in [0.1, 0.15) is 0 Å². The van der Waals surface area contributed by atoms with Gasteiger partial charge in [-0.1, -0.05) is 26.0 Å². The van der Waals surface area contributed by atoms with Gasteiger partial charge in [0.05, 0.1) is 72.8 Å². The van der Waals surface area contributed by atoms with Crippen LogP contribution in [-0.2, 0) is 31.8 Å². The Labute approximate surface area is 374 Å². The first kappa shape index (κ1) is 48.8. The lowest BCUT2D eigenvalue weighted by atomic mass is 9.85. The molecule has 4 heterocycles. The zero-order valence-corrected chi connectivity index (χ0v) is 38.7. The van der Waals surface area contributed by atoms with Crippen molar-refractivity contribution in [2.45, 2.75) is 84.5 Å². The molecule has 0 spiro atoms. The predicted octanol–water partition coefficient (Wildman–Crippen LogP) is 7.06. The number of nitrogens with zero attached hydrogens (tertiary/aromatic N) is 4. The maximum atomic E-state index is 6.50. The summed E-state index contributed by atoms with van der Waals surface area (Å²) in [6.45, 7) is 25.9. The Kier molecular flexibility index (Phi) is 22.8. The quantitative estimate of drug-likeness (QED) is 0.0786. The van der Waals surface area contributed by atoms with E-state index in [0.29, 0.717) is 38.3 Å². The van der Waals surface area contributed by atoms with E-state index in [1.807, 2.05) is 0 Å². The van der Waals surface area contributed by atoms with Crippen LogP contribution < -0.4 is 18.9 Å². The molecule has 0 aliphatic carbocycles. The van der Waals surface area contributed by atoms with Crippen molar-refractivity contribution >= 4 is 0 Å². The maximum Gasteiger partial charge on any atom is 0.161 e. The number of rotatable bonds is 29. The van der Waals surface area contributed by atoms with Gasteiger partial charge in [-0.3, -0.25) is 19.6 Å². The van der Waals surface area contributed by atoms with Crippen LogP contribution in [0.25, 0.3) is 0 Å². The number of hydrogen-bond donors (Lipinski definition) is 0. The van der Waals surface area contributed by atoms with E-state index in [0.717, 1.165) is 219 Å². The van der Waals surface area contributed by atoms with Crippen molar-refractivity contribution in [3.05, 3.63) is 47.5 Å². The molecule has 62 heavy (non-hydrogen) atoms. The van der Waals surface area contributed by atoms with Gasteiger partial charge in [0.2, 0.25) is 0 Å². The van der Waals surface area contributed by atoms with Crippen molar-refractivity contribution < 1.29 is 37.9 Å². The van der Waals surface area contributed by atoms with Gasteiger partial charge >= 0.3 is 0 Å². The van der Waals surface area contributed by atoms with E-state index in [1.165, 1.54) is 11.1 Å². The molecule has 2 aromatic carbocycles. The minimum Gasteiger partial charge on any atom is -0.490 e. The minimum atomic E-state index is 0.466. The van der Waals surface area contributed by atoms with Gasteiger partial charge in [0.25, 0.3) is 0 Å². The number of hydrogen-bond acceptors (Lipinski definition) is 12. The molecule has 0 aromatic heterocycles. The molecule has 0 radical (unpaired) electrons. The van der Waals surface area contributed by atoms with Crippen molar-refractivity contribution in [1.82, 2.24) is 19.6 Å². The second-order valence-corrected chi connectivity index (χ2v) is 18.0. The SMILES string of the molecule is C[C@H](Cc1ccc(OCCCCN2CCOCC2)c(OCCCCN2CCCOC2)c1)[C@@H](C)Cc1ccc(OCCCCN2CCOCC2)c(OCCCCN2CCOCC2)c1. The smallest absolute Gasteiger partial charge is 0.161 e. The summed E-state index contributed by atoms with van der Waals surface area (Å²) in [5.41, 5.74) is 2.59. The van der Waals surface area contributed by atoms with Crippen LogP contribution in [-0.4, -0.2) is 171 Å². The summed E-state index contributed by atoms with van der Waals surface area (Å²) < 4.78 is 48.0. The summed E-state index contributed by atoms with van der Waals surface area (Å²) in [6.07, 6.45) is 11.6. The first-order chi connectivity index (χ1) is 30.6. The Morgan fingerprint density at radius 3 is 1.16 bits per heavy atom. The van der Waals surface area contributed by atoms with Crippen LogP contribution >= 0.6 is 0 Å². The topological polar surface area (TPSA) is 86.8 Å². The number of benzene rings is 2. The van der Waals surface area contributed by atoms with E-state index in [1.54, 1.807) is 0 Å². The van der Waals surface area contributed by atoms with E-state index >= 15 is 0 Å². The van der Waals surface area contributed by atoms with Crippen LogP contribution in [0.3, 0.4) is 0 Å². The summed E-state index contributed by atoms with van der Waals surface area (Å²) >= 11 is 0. The minimum absolute atomic E-state index is 0.466. The van der Waals surface area contributed by atoms with Crippen LogP contribution in [0, 0.1) is 11.8 Å². The molecule has 2 aromatic rings. The molecule has 12 heteroatoms. The Balaban J connectivity index is 1.000. The van der Waals surface area contributed by atoms with Gasteiger partial charge in [-0.2, -0.15) is 0 Å². The summed E-state index contributed by atoms with van der Waals surface area (Å²) in [7, 11) is 0. The van der Waals surface area contributed by atoms with Crippen LogP contribution in [0.2, 0.25) is 0 Å². The highest BCUT2D eigenvalue weighted by Gasteiger charge is 2.19. The fourth-order valence-corrected chi connectivity index (χ4v) is 8.75. The lowest BCUT2D eigenvalue weighted by Crippen LogP contribution is -2.36. The molecule has 350 valence electrons. The lowest BCUT2D eigenvalue weighted by Gasteiger charge is -2.26. The van der Waals surface area contributed by atoms with E-state index in [4.69, 9.17) is 37.9 Å². The molecule has 4 fully saturated rings. The number of ether oxygens (including phenoxy) is 8. The number of unbranched alkanes of at least 4 members (excludes halogenated alkanes) is 4. The predicted molar refractivity (Wildman–Crippen MR) is 246 cm³/mol. The van der Waals surface area contributed by atoms with Crippen LogP contribution in [0.4, 0.5) is 0 Å². The zero-order valence-electron chi connectivity index (χ0n) is 38.7. The monoisotopic (exact) mass is 867 g/mol. The molecule has 0 amide bonds. The van der Waals surface area contributed by atoms with E-state index < -0.39 is 0 Å². The first-order valence-electron chi connectivity index (χ1n) is 24.6. The van der Waals surface area contributed by atoms with Gasteiger partial charge in [-0.15, -0.1) is 0 Å². The first-order valence-corrected chi connectivity index (χ1v) is 24.6. The highest BCUT2D eigenvalue weighted by molar-refractivity contribution is 5.44. The fraction of sp³-hybridized carbons (Fsp3) is 0.760. The second kappa shape index (κ2) is 29.0.